The molecule has 1 nitrogen and oxygen atoms in total. The van der Waals surface area contributed by atoms with Gasteiger partial charge in [0.05, 0.1) is 0 Å². The first-order chi connectivity index (χ1) is 5.99. The molecule has 76 valence electrons. The molecule has 0 unspecified atom stereocenters. The van der Waals surface area contributed by atoms with Crippen LogP contribution in [0, 0.1) is 5.41 Å². The van der Waals surface area contributed by atoms with Crippen molar-refractivity contribution in [3.05, 3.63) is 11.6 Å². The molecule has 1 aliphatic rings. The zero-order chi connectivity index (χ0) is 9.90. The quantitative estimate of drug-likeness (QED) is 0.592. The molecule has 1 saturated heterocycles. The lowest BCUT2D eigenvalue weighted by Crippen LogP contribution is -2.40. The average molecular weight is 181 g/mol. The fourth-order valence-corrected chi connectivity index (χ4v) is 2.01. The van der Waals surface area contributed by atoms with E-state index in [0.29, 0.717) is 5.41 Å². The van der Waals surface area contributed by atoms with Crippen LogP contribution in [-0.4, -0.2) is 24.5 Å². The molecule has 1 rings (SSSR count). The lowest BCUT2D eigenvalue weighted by Gasteiger charge is -2.37. The van der Waals surface area contributed by atoms with Gasteiger partial charge < -0.3 is 0 Å². The first kappa shape index (κ1) is 10.8. The average Bonchev–Trinajstić information content (AvgIpc) is 1.99. The topological polar surface area (TPSA) is 3.24 Å². The van der Waals surface area contributed by atoms with E-state index in [-0.39, 0.29) is 0 Å². The number of likely N-dealkylation sites (tertiary alicyclic amines) is 1. The Morgan fingerprint density at radius 1 is 1.38 bits per heavy atom. The summed E-state index contributed by atoms with van der Waals surface area (Å²) in [6, 6.07) is 0. The van der Waals surface area contributed by atoms with Crippen molar-refractivity contribution in [1.29, 1.82) is 0 Å². The number of nitrogens with zero attached hydrogens (tertiary/aromatic N) is 1. The van der Waals surface area contributed by atoms with E-state index < -0.39 is 0 Å². The summed E-state index contributed by atoms with van der Waals surface area (Å²) in [5.41, 5.74) is 1.97. The highest BCUT2D eigenvalue weighted by Gasteiger charge is 2.25. The maximum Gasteiger partial charge on any atom is 0.0165 e. The molecule has 0 spiro atoms. The largest absolute Gasteiger partial charge is 0.299 e. The van der Waals surface area contributed by atoms with E-state index in [0.717, 1.165) is 6.54 Å². The Kier molecular flexibility index (Phi) is 3.55. The molecule has 1 fully saturated rings. The van der Waals surface area contributed by atoms with E-state index >= 15 is 0 Å². The Bertz CT molecular complexity index is 187. The zero-order valence-corrected chi connectivity index (χ0v) is 9.56. The van der Waals surface area contributed by atoms with Gasteiger partial charge in [-0.25, -0.2) is 0 Å². The van der Waals surface area contributed by atoms with Crippen LogP contribution in [0.1, 0.15) is 40.5 Å². The number of piperidine rings is 1. The number of allylic oxidation sites excluding steroid dienone is 1. The predicted octanol–water partition coefficient (Wildman–Crippen LogP) is 3.07. The van der Waals surface area contributed by atoms with Gasteiger partial charge in [0, 0.05) is 13.1 Å². The van der Waals surface area contributed by atoms with Crippen molar-refractivity contribution in [1.82, 2.24) is 4.90 Å². The first-order valence-electron chi connectivity index (χ1n) is 5.35. The summed E-state index contributed by atoms with van der Waals surface area (Å²) in [6.07, 6.45) is 5.09. The molecule has 1 heterocycles. The van der Waals surface area contributed by atoms with Gasteiger partial charge in [-0.05, 0) is 38.6 Å². The second-order valence-corrected chi connectivity index (χ2v) is 5.28. The van der Waals surface area contributed by atoms with Gasteiger partial charge in [-0.15, -0.1) is 0 Å². The highest BCUT2D eigenvalue weighted by molar-refractivity contribution is 4.96. The third-order valence-corrected chi connectivity index (χ3v) is 2.74. The highest BCUT2D eigenvalue weighted by atomic mass is 15.1. The minimum Gasteiger partial charge on any atom is -0.299 e. The van der Waals surface area contributed by atoms with Gasteiger partial charge in [0.15, 0.2) is 0 Å². The van der Waals surface area contributed by atoms with E-state index in [1.54, 1.807) is 0 Å². The fourth-order valence-electron chi connectivity index (χ4n) is 2.01. The number of rotatable bonds is 2. The van der Waals surface area contributed by atoms with Gasteiger partial charge in [0.2, 0.25) is 0 Å². The minimum atomic E-state index is 0.535. The summed E-state index contributed by atoms with van der Waals surface area (Å²) in [5, 5.41) is 0. The Hall–Kier alpha value is -0.300. The molecule has 0 aromatic rings. The number of hydrogen-bond donors (Lipinski definition) is 0. The smallest absolute Gasteiger partial charge is 0.0165 e. The van der Waals surface area contributed by atoms with Crippen LogP contribution in [0.3, 0.4) is 0 Å². The van der Waals surface area contributed by atoms with Crippen LogP contribution in [0.5, 0.6) is 0 Å². The summed E-state index contributed by atoms with van der Waals surface area (Å²) in [5.74, 6) is 0. The molecule has 0 bridgehead atoms. The molecule has 1 aliphatic heterocycles. The Morgan fingerprint density at radius 2 is 2.08 bits per heavy atom. The van der Waals surface area contributed by atoms with Crippen LogP contribution < -0.4 is 0 Å². The second kappa shape index (κ2) is 4.28. The van der Waals surface area contributed by atoms with E-state index in [2.05, 4.69) is 38.7 Å². The van der Waals surface area contributed by atoms with Gasteiger partial charge >= 0.3 is 0 Å². The lowest BCUT2D eigenvalue weighted by atomic mass is 9.84. The molecule has 1 heteroatoms. The van der Waals surface area contributed by atoms with Crippen molar-refractivity contribution in [3.63, 3.8) is 0 Å². The molecule has 0 aromatic heterocycles. The Labute approximate surface area is 82.8 Å². The lowest BCUT2D eigenvalue weighted by molar-refractivity contribution is 0.129. The van der Waals surface area contributed by atoms with Crippen molar-refractivity contribution < 1.29 is 0 Å². The predicted molar refractivity (Wildman–Crippen MR) is 58.9 cm³/mol. The molecule has 0 radical (unpaired) electrons. The van der Waals surface area contributed by atoms with E-state index in [4.69, 9.17) is 0 Å². The van der Waals surface area contributed by atoms with Crippen molar-refractivity contribution in [3.8, 4) is 0 Å². The van der Waals surface area contributed by atoms with E-state index in [1.165, 1.54) is 31.5 Å². The molecule has 0 aliphatic carbocycles. The monoisotopic (exact) mass is 181 g/mol. The zero-order valence-electron chi connectivity index (χ0n) is 9.56. The van der Waals surface area contributed by atoms with Crippen LogP contribution in [0.15, 0.2) is 11.6 Å². The first-order valence-corrected chi connectivity index (χ1v) is 5.35. The van der Waals surface area contributed by atoms with Gasteiger partial charge in [0.1, 0.15) is 0 Å². The standard InChI is InChI=1S/C12H23N/c1-11(2)6-9-13-8-5-7-12(3,4)10-13/h6H,5,7-10H2,1-4H3. The molecule has 0 aromatic carbocycles. The highest BCUT2D eigenvalue weighted by Crippen LogP contribution is 2.28. The molecule has 0 amide bonds. The van der Waals surface area contributed by atoms with Crippen molar-refractivity contribution in [2.45, 2.75) is 40.5 Å². The fraction of sp³-hybridized carbons (Fsp3) is 0.833. The molecule has 0 N–H and O–H groups in total. The third-order valence-electron chi connectivity index (χ3n) is 2.74. The van der Waals surface area contributed by atoms with Gasteiger partial charge in [-0.1, -0.05) is 25.5 Å². The third kappa shape index (κ3) is 3.95. The molecule has 0 saturated carbocycles. The van der Waals surface area contributed by atoms with Crippen molar-refractivity contribution >= 4 is 0 Å². The maximum absolute atomic E-state index is 2.57. The van der Waals surface area contributed by atoms with Crippen LogP contribution in [0.25, 0.3) is 0 Å². The van der Waals surface area contributed by atoms with Crippen molar-refractivity contribution in [2.75, 3.05) is 19.6 Å². The molecule has 13 heavy (non-hydrogen) atoms. The normalized spacial score (nSPS) is 22.8. The molecule has 0 atom stereocenters. The van der Waals surface area contributed by atoms with E-state index in [9.17, 15) is 0 Å². The second-order valence-electron chi connectivity index (χ2n) is 5.28. The maximum atomic E-state index is 2.57. The molecular weight excluding hydrogens is 158 g/mol. The van der Waals surface area contributed by atoms with Gasteiger partial charge in [-0.3, -0.25) is 4.90 Å². The summed E-state index contributed by atoms with van der Waals surface area (Å²) < 4.78 is 0. The minimum absolute atomic E-state index is 0.535. The van der Waals surface area contributed by atoms with Crippen molar-refractivity contribution in [2.24, 2.45) is 5.41 Å². The van der Waals surface area contributed by atoms with Gasteiger partial charge in [-0.2, -0.15) is 0 Å². The Morgan fingerprint density at radius 3 is 2.62 bits per heavy atom. The van der Waals surface area contributed by atoms with Crippen LogP contribution >= 0.6 is 0 Å². The summed E-state index contributed by atoms with van der Waals surface area (Å²) in [6.45, 7) is 12.8. The summed E-state index contributed by atoms with van der Waals surface area (Å²) in [7, 11) is 0. The SMILES string of the molecule is CC(C)=CCN1CCCC(C)(C)C1. The van der Waals surface area contributed by atoms with Crippen LogP contribution in [0.2, 0.25) is 0 Å². The summed E-state index contributed by atoms with van der Waals surface area (Å²) in [4.78, 5) is 2.57. The Balaban J connectivity index is 2.39. The van der Waals surface area contributed by atoms with Crippen LogP contribution in [-0.2, 0) is 0 Å². The van der Waals surface area contributed by atoms with Gasteiger partial charge in [0.25, 0.3) is 0 Å². The van der Waals surface area contributed by atoms with Crippen LogP contribution in [0.4, 0.5) is 0 Å². The summed E-state index contributed by atoms with van der Waals surface area (Å²) >= 11 is 0. The van der Waals surface area contributed by atoms with E-state index in [1.807, 2.05) is 0 Å². The molecular formula is C12H23N. The number of hydrogen-bond acceptors (Lipinski definition) is 1.